The molecular formula is C19H18N2O4S2. The van der Waals surface area contributed by atoms with Gasteiger partial charge in [0.05, 0.1) is 35.9 Å². The first kappa shape index (κ1) is 19.0. The van der Waals surface area contributed by atoms with Crippen LogP contribution in [0.25, 0.3) is 10.2 Å². The van der Waals surface area contributed by atoms with E-state index in [1.807, 2.05) is 6.92 Å². The average Bonchev–Trinajstić information content (AvgIpc) is 2.96. The number of sulfonamides is 1. The third kappa shape index (κ3) is 3.70. The van der Waals surface area contributed by atoms with Crippen molar-refractivity contribution in [1.29, 1.82) is 0 Å². The number of benzene rings is 2. The van der Waals surface area contributed by atoms with Crippen LogP contribution in [0.4, 0.5) is 0 Å². The maximum absolute atomic E-state index is 12.7. The van der Waals surface area contributed by atoms with Crippen LogP contribution in [0, 0.1) is 19.3 Å². The number of fused-ring (bicyclic) bond motifs is 1. The van der Waals surface area contributed by atoms with Crippen LogP contribution in [0.15, 0.2) is 45.7 Å². The molecule has 0 saturated heterocycles. The molecule has 1 aromatic heterocycles. The predicted molar refractivity (Wildman–Crippen MR) is 106 cm³/mol. The number of hydrogen-bond donors (Lipinski definition) is 0. The molecule has 0 amide bonds. The maximum atomic E-state index is 12.7. The fraction of sp³-hybridized carbons (Fsp3) is 0.211. The molecule has 140 valence electrons. The van der Waals surface area contributed by atoms with Gasteiger partial charge in [-0.05, 0) is 19.1 Å². The van der Waals surface area contributed by atoms with Crippen molar-refractivity contribution in [3.63, 3.8) is 0 Å². The number of ether oxygens (including phenoxy) is 2. The molecule has 6 nitrogen and oxygen atoms in total. The standard InChI is InChI=1S/C19H18N2O4S2/c1-5-10-21-15-11-16(24-3)17(25-4)12-18(15)26-19(21)20-27(22,23)14-8-6-13(2)7-9-14/h1,6-9,11-12H,10H2,2-4H3. The van der Waals surface area contributed by atoms with E-state index >= 15 is 0 Å². The van der Waals surface area contributed by atoms with Crippen LogP contribution in [0.2, 0.25) is 0 Å². The Morgan fingerprint density at radius 2 is 1.78 bits per heavy atom. The lowest BCUT2D eigenvalue weighted by Crippen LogP contribution is -2.16. The highest BCUT2D eigenvalue weighted by Gasteiger charge is 2.16. The molecule has 0 fully saturated rings. The molecule has 0 saturated carbocycles. The maximum Gasteiger partial charge on any atom is 0.285 e. The number of aryl methyl sites for hydroxylation is 1. The second-order valence-corrected chi connectivity index (χ2v) is 8.34. The molecule has 0 radical (unpaired) electrons. The van der Waals surface area contributed by atoms with Crippen molar-refractivity contribution in [1.82, 2.24) is 4.57 Å². The van der Waals surface area contributed by atoms with Crippen LogP contribution < -0.4 is 14.3 Å². The lowest BCUT2D eigenvalue weighted by atomic mass is 10.2. The second-order valence-electron chi connectivity index (χ2n) is 5.73. The monoisotopic (exact) mass is 402 g/mol. The minimum atomic E-state index is -3.87. The Balaban J connectivity index is 2.26. The Morgan fingerprint density at radius 3 is 2.37 bits per heavy atom. The molecule has 0 spiro atoms. The average molecular weight is 402 g/mol. The summed E-state index contributed by atoms with van der Waals surface area (Å²) in [7, 11) is -0.788. The lowest BCUT2D eigenvalue weighted by Gasteiger charge is -2.08. The highest BCUT2D eigenvalue weighted by atomic mass is 32.2. The molecule has 0 bridgehead atoms. The zero-order valence-corrected chi connectivity index (χ0v) is 16.7. The van der Waals surface area contributed by atoms with E-state index in [2.05, 4.69) is 10.3 Å². The SMILES string of the molecule is C#CCn1c(=NS(=O)(=O)c2ccc(C)cc2)sc2cc(OC)c(OC)cc21. The van der Waals surface area contributed by atoms with Crippen LogP contribution in [0.3, 0.4) is 0 Å². The Hall–Kier alpha value is -2.76. The molecule has 0 aliphatic carbocycles. The summed E-state index contributed by atoms with van der Waals surface area (Å²) in [6.45, 7) is 2.07. The molecule has 8 heteroatoms. The number of thiazole rings is 1. The summed E-state index contributed by atoms with van der Waals surface area (Å²) in [6, 6.07) is 10.1. The number of hydrogen-bond acceptors (Lipinski definition) is 5. The van der Waals surface area contributed by atoms with Crippen LogP contribution >= 0.6 is 11.3 Å². The van der Waals surface area contributed by atoms with Gasteiger partial charge in [0.25, 0.3) is 10.0 Å². The smallest absolute Gasteiger partial charge is 0.285 e. The summed E-state index contributed by atoms with van der Waals surface area (Å²) in [5.41, 5.74) is 1.70. The predicted octanol–water partition coefficient (Wildman–Crippen LogP) is 2.95. The number of aromatic nitrogens is 1. The van der Waals surface area contributed by atoms with Crippen molar-refractivity contribution in [2.75, 3.05) is 14.2 Å². The van der Waals surface area contributed by atoms with Crippen molar-refractivity contribution in [2.45, 2.75) is 18.4 Å². The Labute approximate surface area is 161 Å². The van der Waals surface area contributed by atoms with Crippen LogP contribution in [0.5, 0.6) is 11.5 Å². The molecule has 1 heterocycles. The van der Waals surface area contributed by atoms with Crippen LogP contribution in [-0.2, 0) is 16.6 Å². The highest BCUT2D eigenvalue weighted by molar-refractivity contribution is 7.90. The van der Waals surface area contributed by atoms with Crippen LogP contribution in [-0.4, -0.2) is 27.2 Å². The molecule has 0 unspecified atom stereocenters. The van der Waals surface area contributed by atoms with Crippen molar-refractivity contribution < 1.29 is 17.9 Å². The van der Waals surface area contributed by atoms with Gasteiger partial charge in [0, 0.05) is 12.1 Å². The molecule has 3 aromatic rings. The summed E-state index contributed by atoms with van der Waals surface area (Å²) in [6.07, 6.45) is 5.48. The van der Waals surface area contributed by atoms with E-state index < -0.39 is 10.0 Å². The number of nitrogens with zero attached hydrogens (tertiary/aromatic N) is 2. The zero-order valence-electron chi connectivity index (χ0n) is 15.1. The van der Waals surface area contributed by atoms with Crippen molar-refractivity contribution in [3.8, 4) is 23.8 Å². The Bertz CT molecular complexity index is 1200. The second kappa shape index (κ2) is 7.47. The van der Waals surface area contributed by atoms with Gasteiger partial charge in [0.15, 0.2) is 11.5 Å². The van der Waals surface area contributed by atoms with Gasteiger partial charge in [-0.3, -0.25) is 0 Å². The summed E-state index contributed by atoms with van der Waals surface area (Å²) in [4.78, 5) is 0.423. The first-order valence-corrected chi connectivity index (χ1v) is 10.2. The largest absolute Gasteiger partial charge is 0.493 e. The Kier molecular flexibility index (Phi) is 5.26. The number of rotatable bonds is 5. The Morgan fingerprint density at radius 1 is 1.15 bits per heavy atom. The van der Waals surface area contributed by atoms with Gasteiger partial charge >= 0.3 is 0 Å². The van der Waals surface area contributed by atoms with E-state index in [9.17, 15) is 8.42 Å². The van der Waals surface area contributed by atoms with Gasteiger partial charge in [0.2, 0.25) is 4.80 Å². The summed E-state index contributed by atoms with van der Waals surface area (Å²) in [5.74, 6) is 3.62. The molecule has 3 rings (SSSR count). The van der Waals surface area contributed by atoms with Gasteiger partial charge in [-0.1, -0.05) is 35.0 Å². The zero-order chi connectivity index (χ0) is 19.6. The number of methoxy groups -OCH3 is 2. The highest BCUT2D eigenvalue weighted by Crippen LogP contribution is 2.33. The summed E-state index contributed by atoms with van der Waals surface area (Å²) in [5, 5.41) is 0. The van der Waals surface area contributed by atoms with Gasteiger partial charge in [-0.25, -0.2) is 0 Å². The molecule has 27 heavy (non-hydrogen) atoms. The fourth-order valence-electron chi connectivity index (χ4n) is 2.58. The summed E-state index contributed by atoms with van der Waals surface area (Å²) < 4.78 is 42.6. The van der Waals surface area contributed by atoms with Gasteiger partial charge in [0.1, 0.15) is 0 Å². The quantitative estimate of drug-likeness (QED) is 0.615. The molecule has 2 aromatic carbocycles. The van der Waals surface area contributed by atoms with E-state index in [1.54, 1.807) is 48.1 Å². The molecule has 0 aliphatic heterocycles. The van der Waals surface area contributed by atoms with E-state index in [-0.39, 0.29) is 11.4 Å². The van der Waals surface area contributed by atoms with Gasteiger partial charge in [-0.15, -0.1) is 10.8 Å². The van der Waals surface area contributed by atoms with Crippen molar-refractivity contribution >= 4 is 31.6 Å². The first-order valence-electron chi connectivity index (χ1n) is 7.96. The van der Waals surface area contributed by atoms with Crippen molar-refractivity contribution in [2.24, 2.45) is 4.40 Å². The van der Waals surface area contributed by atoms with E-state index in [0.29, 0.717) is 16.3 Å². The third-order valence-corrected chi connectivity index (χ3v) is 6.39. The van der Waals surface area contributed by atoms with E-state index in [1.165, 1.54) is 18.4 Å². The fourth-order valence-corrected chi connectivity index (χ4v) is 4.82. The minimum Gasteiger partial charge on any atom is -0.493 e. The molecule has 0 atom stereocenters. The molecular weight excluding hydrogens is 384 g/mol. The third-order valence-electron chi connectivity index (χ3n) is 3.95. The minimum absolute atomic E-state index is 0.132. The van der Waals surface area contributed by atoms with Crippen LogP contribution in [0.1, 0.15) is 5.56 Å². The molecule has 0 aliphatic rings. The van der Waals surface area contributed by atoms with E-state index in [0.717, 1.165) is 15.8 Å². The van der Waals surface area contributed by atoms with E-state index in [4.69, 9.17) is 15.9 Å². The van der Waals surface area contributed by atoms with Gasteiger partial charge < -0.3 is 14.0 Å². The summed E-state index contributed by atoms with van der Waals surface area (Å²) >= 11 is 1.22. The van der Waals surface area contributed by atoms with Gasteiger partial charge in [-0.2, -0.15) is 8.42 Å². The topological polar surface area (TPSA) is 69.9 Å². The van der Waals surface area contributed by atoms with Crippen molar-refractivity contribution in [3.05, 3.63) is 46.8 Å². The molecule has 0 N–H and O–H groups in total. The first-order chi connectivity index (χ1) is 12.9. The lowest BCUT2D eigenvalue weighted by molar-refractivity contribution is 0.355. The number of terminal acetylenes is 1. The normalized spacial score (nSPS) is 12.1.